The molecule has 22 heavy (non-hydrogen) atoms. The Hall–Kier alpha value is -2.95. The van der Waals surface area contributed by atoms with Gasteiger partial charge in [-0.3, -0.25) is 14.2 Å². The fourth-order valence-corrected chi connectivity index (χ4v) is 2.37. The van der Waals surface area contributed by atoms with Crippen molar-refractivity contribution >= 4 is 28.4 Å². The fraction of sp³-hybridized carbons (Fsp3) is 0.0588. The average Bonchev–Trinajstić information content (AvgIpc) is 2.89. The smallest absolute Gasteiger partial charge is 0.257 e. The molecule has 1 aromatic heterocycles. The topological polar surface area (TPSA) is 51.1 Å². The van der Waals surface area contributed by atoms with Crippen LogP contribution in [0.25, 0.3) is 10.9 Å². The number of hydrogen-bond acceptors (Lipinski definition) is 2. The number of nitrogens with zero attached hydrogens (tertiary/aromatic N) is 1. The highest BCUT2D eigenvalue weighted by Crippen LogP contribution is 2.23. The van der Waals surface area contributed by atoms with Crippen LogP contribution in [0.3, 0.4) is 0 Å². The first-order chi connectivity index (χ1) is 10.6. The zero-order chi connectivity index (χ0) is 15.7. The molecule has 0 unspecified atom stereocenters. The first kappa shape index (κ1) is 14.0. The minimum atomic E-state index is -0.508. The SMILES string of the molecule is CC(=O)n1cc(C(=O)Nc2ccccc2F)c2ccccc21. The maximum atomic E-state index is 13.6. The van der Waals surface area contributed by atoms with Crippen LogP contribution in [0.4, 0.5) is 10.1 Å². The van der Waals surface area contributed by atoms with Gasteiger partial charge in [0, 0.05) is 18.5 Å². The summed E-state index contributed by atoms with van der Waals surface area (Å²) in [4.78, 5) is 24.1. The van der Waals surface area contributed by atoms with Gasteiger partial charge in [0.05, 0.1) is 16.8 Å². The van der Waals surface area contributed by atoms with Gasteiger partial charge in [-0.15, -0.1) is 0 Å². The number of fused-ring (bicyclic) bond motifs is 1. The average molecular weight is 296 g/mol. The number of carbonyl (C=O) groups excluding carboxylic acids is 2. The van der Waals surface area contributed by atoms with Gasteiger partial charge in [0.1, 0.15) is 5.82 Å². The highest BCUT2D eigenvalue weighted by Gasteiger charge is 2.17. The number of hydrogen-bond donors (Lipinski definition) is 1. The van der Waals surface area contributed by atoms with Crippen molar-refractivity contribution in [2.75, 3.05) is 5.32 Å². The van der Waals surface area contributed by atoms with E-state index in [9.17, 15) is 14.0 Å². The molecular weight excluding hydrogens is 283 g/mol. The lowest BCUT2D eigenvalue weighted by atomic mass is 10.1. The second kappa shape index (κ2) is 5.44. The number of benzene rings is 2. The monoisotopic (exact) mass is 296 g/mol. The number of aromatic nitrogens is 1. The summed E-state index contributed by atoms with van der Waals surface area (Å²) in [5.74, 6) is -1.16. The summed E-state index contributed by atoms with van der Waals surface area (Å²) in [5, 5.41) is 3.18. The summed E-state index contributed by atoms with van der Waals surface area (Å²) in [7, 11) is 0. The molecule has 0 fully saturated rings. The summed E-state index contributed by atoms with van der Waals surface area (Å²) in [6, 6.07) is 13.0. The van der Waals surface area contributed by atoms with E-state index < -0.39 is 11.7 Å². The Morgan fingerprint density at radius 2 is 1.73 bits per heavy atom. The first-order valence-corrected chi connectivity index (χ1v) is 6.75. The van der Waals surface area contributed by atoms with E-state index in [-0.39, 0.29) is 11.6 Å². The van der Waals surface area contributed by atoms with Gasteiger partial charge in [0.2, 0.25) is 5.91 Å². The normalized spacial score (nSPS) is 10.6. The highest BCUT2D eigenvalue weighted by molar-refractivity contribution is 6.14. The molecule has 0 spiro atoms. The molecule has 0 aliphatic heterocycles. The zero-order valence-electron chi connectivity index (χ0n) is 11.8. The van der Waals surface area contributed by atoms with Crippen molar-refractivity contribution in [1.29, 1.82) is 0 Å². The Labute approximate surface area is 126 Å². The van der Waals surface area contributed by atoms with Gasteiger partial charge >= 0.3 is 0 Å². The van der Waals surface area contributed by atoms with E-state index >= 15 is 0 Å². The predicted octanol–water partition coefficient (Wildman–Crippen LogP) is 3.69. The number of carbonyl (C=O) groups is 2. The molecule has 4 nitrogen and oxygen atoms in total. The summed E-state index contributed by atoms with van der Waals surface area (Å²) in [6.07, 6.45) is 1.48. The number of nitrogens with one attached hydrogen (secondary N) is 1. The first-order valence-electron chi connectivity index (χ1n) is 6.75. The Bertz CT molecular complexity index is 883. The molecule has 0 saturated carbocycles. The van der Waals surface area contributed by atoms with Crippen molar-refractivity contribution in [3.05, 3.63) is 66.1 Å². The van der Waals surface area contributed by atoms with Crippen LogP contribution in [0, 0.1) is 5.82 Å². The van der Waals surface area contributed by atoms with Gasteiger partial charge < -0.3 is 5.32 Å². The van der Waals surface area contributed by atoms with Crippen molar-refractivity contribution < 1.29 is 14.0 Å². The summed E-state index contributed by atoms with van der Waals surface area (Å²) in [6.45, 7) is 1.42. The number of halogens is 1. The Morgan fingerprint density at radius 1 is 1.05 bits per heavy atom. The molecule has 0 saturated heterocycles. The maximum absolute atomic E-state index is 13.6. The van der Waals surface area contributed by atoms with Gasteiger partial charge in [-0.25, -0.2) is 4.39 Å². The Balaban J connectivity index is 2.05. The third kappa shape index (κ3) is 2.37. The lowest BCUT2D eigenvalue weighted by Crippen LogP contribution is -2.13. The highest BCUT2D eigenvalue weighted by atomic mass is 19.1. The standard InChI is InChI=1S/C17H13FN2O2/c1-11(21)20-10-13(12-6-2-5-9-16(12)20)17(22)19-15-8-4-3-7-14(15)18/h2-10H,1H3,(H,19,22). The molecule has 5 heteroatoms. The second-order valence-corrected chi connectivity index (χ2v) is 4.88. The number of anilines is 1. The number of para-hydroxylation sites is 2. The van der Waals surface area contributed by atoms with E-state index in [1.807, 2.05) is 0 Å². The van der Waals surface area contributed by atoms with Crippen molar-refractivity contribution in [1.82, 2.24) is 4.57 Å². The fourth-order valence-electron chi connectivity index (χ4n) is 2.37. The number of rotatable bonds is 2. The van der Waals surface area contributed by atoms with Crippen molar-refractivity contribution in [2.24, 2.45) is 0 Å². The summed E-state index contributed by atoms with van der Waals surface area (Å²) < 4.78 is 15.0. The van der Waals surface area contributed by atoms with Gasteiger partial charge in [-0.2, -0.15) is 0 Å². The maximum Gasteiger partial charge on any atom is 0.257 e. The quantitative estimate of drug-likeness (QED) is 0.784. The van der Waals surface area contributed by atoms with E-state index in [2.05, 4.69) is 5.32 Å². The van der Waals surface area contributed by atoms with Crippen LogP contribution in [-0.4, -0.2) is 16.4 Å². The largest absolute Gasteiger partial charge is 0.319 e. The molecule has 2 aromatic carbocycles. The van der Waals surface area contributed by atoms with Gasteiger partial charge in [0.15, 0.2) is 0 Å². The summed E-state index contributed by atoms with van der Waals surface area (Å²) in [5.41, 5.74) is 1.08. The third-order valence-electron chi connectivity index (χ3n) is 3.42. The molecule has 0 aliphatic rings. The van der Waals surface area contributed by atoms with Crippen LogP contribution in [0.15, 0.2) is 54.7 Å². The second-order valence-electron chi connectivity index (χ2n) is 4.88. The van der Waals surface area contributed by atoms with Crippen LogP contribution in [0.2, 0.25) is 0 Å². The lowest BCUT2D eigenvalue weighted by molar-refractivity contribution is 0.0941. The minimum absolute atomic E-state index is 0.104. The van der Waals surface area contributed by atoms with E-state index in [0.29, 0.717) is 16.5 Å². The number of amides is 1. The van der Waals surface area contributed by atoms with Crippen LogP contribution < -0.4 is 5.32 Å². The molecule has 1 heterocycles. The predicted molar refractivity (Wildman–Crippen MR) is 82.6 cm³/mol. The zero-order valence-corrected chi connectivity index (χ0v) is 11.8. The molecule has 3 aromatic rings. The van der Waals surface area contributed by atoms with Crippen LogP contribution >= 0.6 is 0 Å². The molecular formula is C17H13FN2O2. The van der Waals surface area contributed by atoms with Crippen molar-refractivity contribution in [2.45, 2.75) is 6.92 Å². The molecule has 1 N–H and O–H groups in total. The molecule has 0 bridgehead atoms. The minimum Gasteiger partial charge on any atom is -0.319 e. The van der Waals surface area contributed by atoms with Crippen LogP contribution in [-0.2, 0) is 0 Å². The Morgan fingerprint density at radius 3 is 2.45 bits per heavy atom. The molecule has 0 atom stereocenters. The lowest BCUT2D eigenvalue weighted by Gasteiger charge is -2.05. The van der Waals surface area contributed by atoms with E-state index in [0.717, 1.165) is 0 Å². The van der Waals surface area contributed by atoms with Crippen molar-refractivity contribution in [3.63, 3.8) is 0 Å². The molecule has 3 rings (SSSR count). The molecule has 1 amide bonds. The Kier molecular flexibility index (Phi) is 3.47. The van der Waals surface area contributed by atoms with Gasteiger partial charge in [-0.05, 0) is 18.2 Å². The summed E-state index contributed by atoms with van der Waals surface area (Å²) >= 11 is 0. The van der Waals surface area contributed by atoms with Crippen LogP contribution in [0.5, 0.6) is 0 Å². The molecule has 110 valence electrons. The van der Waals surface area contributed by atoms with E-state index in [1.54, 1.807) is 36.4 Å². The van der Waals surface area contributed by atoms with E-state index in [1.165, 1.54) is 29.8 Å². The van der Waals surface area contributed by atoms with Gasteiger partial charge in [0.25, 0.3) is 5.91 Å². The van der Waals surface area contributed by atoms with E-state index in [4.69, 9.17) is 0 Å². The molecule has 0 radical (unpaired) electrons. The van der Waals surface area contributed by atoms with Crippen LogP contribution in [0.1, 0.15) is 22.1 Å². The molecule has 0 aliphatic carbocycles. The third-order valence-corrected chi connectivity index (χ3v) is 3.42. The van der Waals surface area contributed by atoms with Gasteiger partial charge in [-0.1, -0.05) is 30.3 Å². The van der Waals surface area contributed by atoms with Crippen molar-refractivity contribution in [3.8, 4) is 0 Å².